The SMILES string of the molecule is CC1CCCC1.O=c1cccn[nH]1. The molecule has 2 rings (SSSR count). The van der Waals surface area contributed by atoms with Gasteiger partial charge in [-0.3, -0.25) is 4.79 Å². The third kappa shape index (κ3) is 4.45. The zero-order valence-electron chi connectivity index (χ0n) is 7.99. The van der Waals surface area contributed by atoms with Crippen molar-refractivity contribution in [2.24, 2.45) is 5.92 Å². The molecule has 0 unspecified atom stereocenters. The van der Waals surface area contributed by atoms with Crippen molar-refractivity contribution in [3.05, 3.63) is 28.7 Å². The Hall–Kier alpha value is -1.12. The van der Waals surface area contributed by atoms with Gasteiger partial charge in [0, 0.05) is 12.3 Å². The second-order valence-electron chi connectivity index (χ2n) is 3.50. The van der Waals surface area contributed by atoms with Crippen LogP contribution in [0, 0.1) is 5.92 Å². The molecule has 0 saturated heterocycles. The second kappa shape index (κ2) is 5.51. The maximum atomic E-state index is 10.2. The molecule has 1 fully saturated rings. The van der Waals surface area contributed by atoms with Crippen molar-refractivity contribution < 1.29 is 0 Å². The monoisotopic (exact) mass is 180 g/mol. The lowest BCUT2D eigenvalue weighted by Gasteiger charge is -1.91. The van der Waals surface area contributed by atoms with E-state index in [0.717, 1.165) is 5.92 Å². The van der Waals surface area contributed by atoms with Gasteiger partial charge in [-0.15, -0.1) is 0 Å². The maximum absolute atomic E-state index is 10.2. The van der Waals surface area contributed by atoms with E-state index in [1.54, 1.807) is 6.07 Å². The molecule has 0 aliphatic heterocycles. The van der Waals surface area contributed by atoms with Gasteiger partial charge in [0.05, 0.1) is 0 Å². The lowest BCUT2D eigenvalue weighted by molar-refractivity contribution is 0.612. The number of nitrogens with zero attached hydrogens (tertiary/aromatic N) is 1. The van der Waals surface area contributed by atoms with Crippen molar-refractivity contribution in [1.29, 1.82) is 0 Å². The van der Waals surface area contributed by atoms with Gasteiger partial charge < -0.3 is 0 Å². The molecular weight excluding hydrogens is 164 g/mol. The van der Waals surface area contributed by atoms with E-state index in [1.807, 2.05) is 0 Å². The lowest BCUT2D eigenvalue weighted by atomic mass is 10.2. The van der Waals surface area contributed by atoms with Crippen molar-refractivity contribution in [1.82, 2.24) is 10.2 Å². The summed E-state index contributed by atoms with van der Waals surface area (Å²) in [7, 11) is 0. The highest BCUT2D eigenvalue weighted by atomic mass is 16.1. The molecule has 0 radical (unpaired) electrons. The van der Waals surface area contributed by atoms with Crippen LogP contribution in [-0.2, 0) is 0 Å². The molecule has 0 spiro atoms. The van der Waals surface area contributed by atoms with Crippen LogP contribution >= 0.6 is 0 Å². The molecule has 0 amide bonds. The Morgan fingerprint density at radius 3 is 2.38 bits per heavy atom. The predicted molar refractivity (Wildman–Crippen MR) is 52.5 cm³/mol. The minimum atomic E-state index is -0.164. The minimum absolute atomic E-state index is 0.164. The largest absolute Gasteiger partial charge is 0.268 e. The Morgan fingerprint density at radius 1 is 1.46 bits per heavy atom. The average molecular weight is 180 g/mol. The Bertz CT molecular complexity index is 259. The van der Waals surface area contributed by atoms with E-state index in [2.05, 4.69) is 17.1 Å². The Kier molecular flexibility index (Phi) is 4.23. The smallest absolute Gasteiger partial charge is 0.264 e. The topological polar surface area (TPSA) is 45.8 Å². The van der Waals surface area contributed by atoms with Gasteiger partial charge in [-0.25, -0.2) is 5.10 Å². The van der Waals surface area contributed by atoms with Crippen molar-refractivity contribution in [3.8, 4) is 0 Å². The van der Waals surface area contributed by atoms with E-state index in [1.165, 1.54) is 37.9 Å². The van der Waals surface area contributed by atoms with E-state index >= 15 is 0 Å². The fourth-order valence-corrected chi connectivity index (χ4v) is 1.44. The summed E-state index contributed by atoms with van der Waals surface area (Å²) >= 11 is 0. The second-order valence-corrected chi connectivity index (χ2v) is 3.50. The van der Waals surface area contributed by atoms with E-state index in [-0.39, 0.29) is 5.56 Å². The molecule has 3 nitrogen and oxygen atoms in total. The van der Waals surface area contributed by atoms with Crippen LogP contribution in [0.1, 0.15) is 32.6 Å². The Balaban J connectivity index is 0.000000132. The minimum Gasteiger partial charge on any atom is -0.268 e. The zero-order valence-corrected chi connectivity index (χ0v) is 7.99. The molecule has 0 atom stereocenters. The first-order valence-electron chi connectivity index (χ1n) is 4.79. The van der Waals surface area contributed by atoms with E-state index < -0.39 is 0 Å². The highest BCUT2D eigenvalue weighted by molar-refractivity contribution is 4.81. The molecule has 1 N–H and O–H groups in total. The fraction of sp³-hybridized carbons (Fsp3) is 0.600. The summed E-state index contributed by atoms with van der Waals surface area (Å²) in [6.45, 7) is 2.34. The highest BCUT2D eigenvalue weighted by Crippen LogP contribution is 2.22. The normalized spacial score (nSPS) is 16.4. The molecule has 13 heavy (non-hydrogen) atoms. The predicted octanol–water partition coefficient (Wildman–Crippen LogP) is 1.97. The van der Waals surface area contributed by atoms with Gasteiger partial charge in [-0.1, -0.05) is 32.6 Å². The summed E-state index contributed by atoms with van der Waals surface area (Å²) in [5.41, 5.74) is -0.164. The van der Waals surface area contributed by atoms with Crippen LogP contribution in [0.2, 0.25) is 0 Å². The molecule has 1 heterocycles. The molecule has 0 aromatic carbocycles. The van der Waals surface area contributed by atoms with E-state index in [4.69, 9.17) is 0 Å². The van der Waals surface area contributed by atoms with Crippen LogP contribution in [0.5, 0.6) is 0 Å². The van der Waals surface area contributed by atoms with Crippen LogP contribution in [0.15, 0.2) is 23.1 Å². The van der Waals surface area contributed by atoms with Crippen LogP contribution in [0.25, 0.3) is 0 Å². The molecule has 0 bridgehead atoms. The number of hydrogen-bond donors (Lipinski definition) is 1. The van der Waals surface area contributed by atoms with Gasteiger partial charge in [0.1, 0.15) is 0 Å². The van der Waals surface area contributed by atoms with Crippen molar-refractivity contribution in [2.45, 2.75) is 32.6 Å². The number of rotatable bonds is 0. The fourth-order valence-electron chi connectivity index (χ4n) is 1.44. The summed E-state index contributed by atoms with van der Waals surface area (Å²) in [6, 6.07) is 2.99. The van der Waals surface area contributed by atoms with Crippen LogP contribution in [0.3, 0.4) is 0 Å². The molecule has 1 saturated carbocycles. The van der Waals surface area contributed by atoms with Crippen LogP contribution in [-0.4, -0.2) is 10.2 Å². The quantitative estimate of drug-likeness (QED) is 0.663. The number of aromatic nitrogens is 2. The third-order valence-corrected chi connectivity index (χ3v) is 2.23. The van der Waals surface area contributed by atoms with Crippen molar-refractivity contribution in [3.63, 3.8) is 0 Å². The first-order chi connectivity index (χ1) is 6.29. The summed E-state index contributed by atoms with van der Waals surface area (Å²) in [5.74, 6) is 1.05. The molecule has 1 aliphatic carbocycles. The molecule has 1 aromatic rings. The molecular formula is C10H16N2O. The summed E-state index contributed by atoms with van der Waals surface area (Å²) in [6.07, 6.45) is 7.46. The van der Waals surface area contributed by atoms with Crippen LogP contribution in [0.4, 0.5) is 0 Å². The number of hydrogen-bond acceptors (Lipinski definition) is 2. The molecule has 72 valence electrons. The summed E-state index contributed by atoms with van der Waals surface area (Å²) in [4.78, 5) is 10.2. The zero-order chi connectivity index (χ0) is 9.52. The average Bonchev–Trinajstić information content (AvgIpc) is 2.58. The molecule has 1 aliphatic rings. The molecule has 3 heteroatoms. The standard InChI is InChI=1S/C6H12.C4H4N2O/c1-6-4-2-3-5-6;7-4-2-1-3-5-6-4/h6H,2-5H2,1H3;1-3H,(H,6,7). The van der Waals surface area contributed by atoms with Gasteiger partial charge in [-0.05, 0) is 12.0 Å². The highest BCUT2D eigenvalue weighted by Gasteiger charge is 2.07. The van der Waals surface area contributed by atoms with Gasteiger partial charge in [0.25, 0.3) is 5.56 Å². The Morgan fingerprint density at radius 2 is 2.15 bits per heavy atom. The van der Waals surface area contributed by atoms with Gasteiger partial charge in [0.15, 0.2) is 0 Å². The van der Waals surface area contributed by atoms with E-state index in [0.29, 0.717) is 0 Å². The maximum Gasteiger partial charge on any atom is 0.264 e. The summed E-state index contributed by atoms with van der Waals surface area (Å²) < 4.78 is 0. The van der Waals surface area contributed by atoms with Crippen molar-refractivity contribution >= 4 is 0 Å². The first-order valence-corrected chi connectivity index (χ1v) is 4.79. The van der Waals surface area contributed by atoms with Crippen molar-refractivity contribution in [2.75, 3.05) is 0 Å². The first kappa shape index (κ1) is 9.96. The van der Waals surface area contributed by atoms with E-state index in [9.17, 15) is 4.79 Å². The van der Waals surface area contributed by atoms with Crippen LogP contribution < -0.4 is 5.56 Å². The van der Waals surface area contributed by atoms with Gasteiger partial charge in [0.2, 0.25) is 0 Å². The number of H-pyrrole nitrogens is 1. The number of aromatic amines is 1. The molecule has 1 aromatic heterocycles. The van der Waals surface area contributed by atoms with Gasteiger partial charge in [-0.2, -0.15) is 5.10 Å². The number of nitrogens with one attached hydrogen (secondary N) is 1. The summed E-state index contributed by atoms with van der Waals surface area (Å²) in [5, 5.41) is 5.67. The lowest BCUT2D eigenvalue weighted by Crippen LogP contribution is -2.02. The van der Waals surface area contributed by atoms with Gasteiger partial charge >= 0.3 is 0 Å². The third-order valence-electron chi connectivity index (χ3n) is 2.23. The Labute approximate surface area is 78.2 Å².